The summed E-state index contributed by atoms with van der Waals surface area (Å²) in [6, 6.07) is 4.91. The molecule has 0 radical (unpaired) electrons. The van der Waals surface area contributed by atoms with Crippen molar-refractivity contribution in [3.63, 3.8) is 0 Å². The van der Waals surface area contributed by atoms with Crippen molar-refractivity contribution < 1.29 is 4.39 Å². The van der Waals surface area contributed by atoms with Crippen LogP contribution in [-0.4, -0.2) is 30.2 Å². The predicted molar refractivity (Wildman–Crippen MR) is 88.9 cm³/mol. The van der Waals surface area contributed by atoms with Crippen LogP contribution in [0.5, 0.6) is 0 Å². The molecule has 1 atom stereocenters. The highest BCUT2D eigenvalue weighted by molar-refractivity contribution is 7.97. The lowest BCUT2D eigenvalue weighted by atomic mass is 10.0. The molecule has 1 aliphatic heterocycles. The van der Waals surface area contributed by atoms with Gasteiger partial charge in [-0.2, -0.15) is 11.8 Å². The van der Waals surface area contributed by atoms with E-state index in [1.165, 1.54) is 18.9 Å². The van der Waals surface area contributed by atoms with Crippen LogP contribution in [0.25, 0.3) is 0 Å². The first-order valence-corrected chi connectivity index (χ1v) is 8.80. The molecule has 0 aromatic heterocycles. The third-order valence-electron chi connectivity index (χ3n) is 3.86. The fourth-order valence-corrected chi connectivity index (χ4v) is 3.28. The number of rotatable bonds is 4. The molecule has 2 N–H and O–H groups in total. The maximum Gasteiger partial charge on any atom is 0.191 e. The van der Waals surface area contributed by atoms with Crippen molar-refractivity contribution in [1.29, 1.82) is 0 Å². The molecule has 1 unspecified atom stereocenters. The van der Waals surface area contributed by atoms with Gasteiger partial charge in [-0.25, -0.2) is 9.38 Å². The van der Waals surface area contributed by atoms with E-state index in [1.807, 2.05) is 12.3 Å². The largest absolute Gasteiger partial charge is 0.370 e. The molecule has 0 aliphatic carbocycles. The van der Waals surface area contributed by atoms with Crippen molar-refractivity contribution in [3.8, 4) is 0 Å². The van der Waals surface area contributed by atoms with E-state index < -0.39 is 0 Å². The summed E-state index contributed by atoms with van der Waals surface area (Å²) < 4.78 is 13.3. The Kier molecular flexibility index (Phi) is 5.91. The Morgan fingerprint density at radius 1 is 1.48 bits per heavy atom. The Morgan fingerprint density at radius 2 is 2.29 bits per heavy atom. The second-order valence-corrected chi connectivity index (χ2v) is 6.58. The molecule has 2 rings (SSSR count). The van der Waals surface area contributed by atoms with E-state index in [1.54, 1.807) is 17.8 Å². The fourth-order valence-electron chi connectivity index (χ4n) is 2.70. The second-order valence-electron chi connectivity index (χ2n) is 5.71. The molecule has 116 valence electrons. The van der Waals surface area contributed by atoms with Crippen LogP contribution in [0.3, 0.4) is 0 Å². The summed E-state index contributed by atoms with van der Waals surface area (Å²) in [5.74, 6) is 1.89. The van der Waals surface area contributed by atoms with Crippen molar-refractivity contribution in [3.05, 3.63) is 35.1 Å². The molecule has 5 heteroatoms. The fraction of sp³-hybridized carbons (Fsp3) is 0.562. The molecular weight excluding hydrogens is 285 g/mol. The third kappa shape index (κ3) is 4.63. The number of halogens is 1. The minimum absolute atomic E-state index is 0.190. The van der Waals surface area contributed by atoms with E-state index >= 15 is 0 Å². The van der Waals surface area contributed by atoms with E-state index in [0.717, 1.165) is 30.0 Å². The zero-order chi connectivity index (χ0) is 15.2. The zero-order valence-corrected chi connectivity index (χ0v) is 13.6. The maximum atomic E-state index is 13.3. The first-order valence-electron chi connectivity index (χ1n) is 7.41. The van der Waals surface area contributed by atoms with E-state index in [2.05, 4.69) is 16.8 Å². The lowest BCUT2D eigenvalue weighted by molar-refractivity contribution is 0.270. The Balaban J connectivity index is 2.05. The van der Waals surface area contributed by atoms with Gasteiger partial charge in [-0.1, -0.05) is 13.0 Å². The summed E-state index contributed by atoms with van der Waals surface area (Å²) in [4.78, 5) is 6.67. The molecule has 0 amide bonds. The molecule has 0 saturated carbocycles. The van der Waals surface area contributed by atoms with Gasteiger partial charge >= 0.3 is 0 Å². The SMILES string of the molecule is CSCc1cc(F)ccc1CN=C(N)N1CCCC(C)C1. The van der Waals surface area contributed by atoms with Gasteiger partial charge in [0.2, 0.25) is 0 Å². The first-order chi connectivity index (χ1) is 10.1. The van der Waals surface area contributed by atoms with Gasteiger partial charge in [0.05, 0.1) is 6.54 Å². The maximum absolute atomic E-state index is 13.3. The molecular formula is C16H24FN3S. The lowest BCUT2D eigenvalue weighted by Crippen LogP contribution is -2.43. The molecule has 21 heavy (non-hydrogen) atoms. The van der Waals surface area contributed by atoms with Crippen LogP contribution in [0.15, 0.2) is 23.2 Å². The summed E-state index contributed by atoms with van der Waals surface area (Å²) in [5, 5.41) is 0. The van der Waals surface area contributed by atoms with Crippen LogP contribution < -0.4 is 5.73 Å². The highest BCUT2D eigenvalue weighted by Crippen LogP contribution is 2.18. The first kappa shape index (κ1) is 16.1. The number of piperidine rings is 1. The number of hydrogen-bond acceptors (Lipinski definition) is 2. The molecule has 1 aromatic carbocycles. The van der Waals surface area contributed by atoms with Gasteiger partial charge < -0.3 is 10.6 Å². The third-order valence-corrected chi connectivity index (χ3v) is 4.46. The zero-order valence-electron chi connectivity index (χ0n) is 12.8. The summed E-state index contributed by atoms with van der Waals surface area (Å²) in [6.45, 7) is 4.74. The predicted octanol–water partition coefficient (Wildman–Crippen LogP) is 3.24. The smallest absolute Gasteiger partial charge is 0.191 e. The van der Waals surface area contributed by atoms with Crippen LogP contribution >= 0.6 is 11.8 Å². The number of benzene rings is 1. The van der Waals surface area contributed by atoms with Crippen molar-refractivity contribution in [2.45, 2.75) is 32.1 Å². The van der Waals surface area contributed by atoms with Crippen molar-refractivity contribution in [1.82, 2.24) is 4.90 Å². The molecule has 3 nitrogen and oxygen atoms in total. The van der Waals surface area contributed by atoms with Gasteiger partial charge in [0.1, 0.15) is 5.82 Å². The number of aliphatic imine (C=N–C) groups is 1. The van der Waals surface area contributed by atoms with Crippen LogP contribution in [-0.2, 0) is 12.3 Å². The highest BCUT2D eigenvalue weighted by Gasteiger charge is 2.17. The number of hydrogen-bond donors (Lipinski definition) is 1. The normalized spacial score (nSPS) is 19.9. The number of thioether (sulfide) groups is 1. The topological polar surface area (TPSA) is 41.6 Å². The monoisotopic (exact) mass is 309 g/mol. The number of nitrogens with two attached hydrogens (primary N) is 1. The van der Waals surface area contributed by atoms with E-state index in [4.69, 9.17) is 5.73 Å². The van der Waals surface area contributed by atoms with Gasteiger partial charge in [0, 0.05) is 18.8 Å². The lowest BCUT2D eigenvalue weighted by Gasteiger charge is -2.31. The standard InChI is InChI=1S/C16H24FN3S/c1-12-4-3-7-20(10-12)16(18)19-9-13-5-6-15(17)8-14(13)11-21-2/h5-6,8,12H,3-4,7,9-11H2,1-2H3,(H2,18,19). The Morgan fingerprint density at radius 3 is 3.00 bits per heavy atom. The highest BCUT2D eigenvalue weighted by atomic mass is 32.2. The van der Waals surface area contributed by atoms with Crippen LogP contribution in [0.1, 0.15) is 30.9 Å². The quantitative estimate of drug-likeness (QED) is 0.686. The van der Waals surface area contributed by atoms with E-state index in [0.29, 0.717) is 18.4 Å². The van der Waals surface area contributed by atoms with Gasteiger partial charge in [-0.3, -0.25) is 0 Å². The molecule has 1 aromatic rings. The molecule has 1 saturated heterocycles. The van der Waals surface area contributed by atoms with Gasteiger partial charge in [-0.15, -0.1) is 0 Å². The molecule has 1 heterocycles. The number of likely N-dealkylation sites (tertiary alicyclic amines) is 1. The average molecular weight is 309 g/mol. The Bertz CT molecular complexity index is 504. The molecule has 0 bridgehead atoms. The van der Waals surface area contributed by atoms with E-state index in [9.17, 15) is 4.39 Å². The van der Waals surface area contributed by atoms with Crippen LogP contribution in [0.2, 0.25) is 0 Å². The van der Waals surface area contributed by atoms with Gasteiger partial charge in [-0.05, 0) is 48.3 Å². The summed E-state index contributed by atoms with van der Waals surface area (Å²) in [6.07, 6.45) is 4.45. The molecule has 0 spiro atoms. The Hall–Kier alpha value is -1.23. The number of guanidine groups is 1. The van der Waals surface area contributed by atoms with Crippen molar-refractivity contribution in [2.75, 3.05) is 19.3 Å². The molecule has 1 aliphatic rings. The molecule has 1 fully saturated rings. The van der Waals surface area contributed by atoms with E-state index in [-0.39, 0.29) is 5.82 Å². The summed E-state index contributed by atoms with van der Waals surface area (Å²) in [5.41, 5.74) is 8.17. The Labute approximate surface area is 130 Å². The minimum Gasteiger partial charge on any atom is -0.370 e. The summed E-state index contributed by atoms with van der Waals surface area (Å²) in [7, 11) is 0. The van der Waals surface area contributed by atoms with Crippen LogP contribution in [0, 0.1) is 11.7 Å². The number of nitrogens with zero attached hydrogens (tertiary/aromatic N) is 2. The summed E-state index contributed by atoms with van der Waals surface area (Å²) >= 11 is 1.68. The van der Waals surface area contributed by atoms with Gasteiger partial charge in [0.25, 0.3) is 0 Å². The van der Waals surface area contributed by atoms with Gasteiger partial charge in [0.15, 0.2) is 5.96 Å². The minimum atomic E-state index is -0.190. The average Bonchev–Trinajstić information content (AvgIpc) is 2.46. The van der Waals surface area contributed by atoms with Crippen molar-refractivity contribution >= 4 is 17.7 Å². The van der Waals surface area contributed by atoms with Crippen LogP contribution in [0.4, 0.5) is 4.39 Å². The van der Waals surface area contributed by atoms with Crippen molar-refractivity contribution in [2.24, 2.45) is 16.6 Å². The second kappa shape index (κ2) is 7.69.